The highest BCUT2D eigenvalue weighted by molar-refractivity contribution is 5.68. The maximum absolute atomic E-state index is 11.7. The minimum Gasteiger partial charge on any atom is -0.450 e. The fourth-order valence-electron chi connectivity index (χ4n) is 2.42. The van der Waals surface area contributed by atoms with Gasteiger partial charge in [-0.05, 0) is 25.8 Å². The van der Waals surface area contributed by atoms with E-state index in [9.17, 15) is 14.9 Å². The van der Waals surface area contributed by atoms with Crippen molar-refractivity contribution in [3.05, 3.63) is 34.4 Å². The molecule has 2 rings (SSSR count). The lowest BCUT2D eigenvalue weighted by molar-refractivity contribution is -0.384. The summed E-state index contributed by atoms with van der Waals surface area (Å²) in [6.07, 6.45) is 1.49. The Morgan fingerprint density at radius 2 is 2.38 bits per heavy atom. The maximum Gasteiger partial charge on any atom is 0.409 e. The zero-order valence-electron chi connectivity index (χ0n) is 11.9. The number of nitrogens with zero attached hydrogens (tertiary/aromatic N) is 2. The van der Waals surface area contributed by atoms with E-state index in [1.807, 2.05) is 0 Å². The molecule has 1 saturated heterocycles. The topological polar surface area (TPSA) is 84.7 Å². The van der Waals surface area contributed by atoms with Crippen molar-refractivity contribution in [3.63, 3.8) is 0 Å². The third-order valence-electron chi connectivity index (χ3n) is 3.38. The van der Waals surface area contributed by atoms with Gasteiger partial charge in [0.1, 0.15) is 0 Å². The Labute approximate surface area is 123 Å². The predicted octanol–water partition coefficient (Wildman–Crippen LogP) is 2.63. The second kappa shape index (κ2) is 6.92. The van der Waals surface area contributed by atoms with E-state index in [2.05, 4.69) is 5.32 Å². The van der Waals surface area contributed by atoms with Gasteiger partial charge in [0, 0.05) is 37.0 Å². The van der Waals surface area contributed by atoms with Crippen LogP contribution >= 0.6 is 0 Å². The average molecular weight is 293 g/mol. The molecule has 1 amide bonds. The van der Waals surface area contributed by atoms with Crippen LogP contribution in [0.25, 0.3) is 0 Å². The van der Waals surface area contributed by atoms with Crippen LogP contribution in [-0.4, -0.2) is 41.7 Å². The molecule has 114 valence electrons. The normalized spacial score (nSPS) is 18.1. The first-order chi connectivity index (χ1) is 10.1. The van der Waals surface area contributed by atoms with E-state index in [1.165, 1.54) is 12.1 Å². The Morgan fingerprint density at radius 3 is 3.10 bits per heavy atom. The molecule has 1 unspecified atom stereocenters. The minimum absolute atomic E-state index is 0.0538. The third-order valence-corrected chi connectivity index (χ3v) is 3.38. The van der Waals surface area contributed by atoms with Crippen molar-refractivity contribution in [3.8, 4) is 0 Å². The van der Waals surface area contributed by atoms with Gasteiger partial charge in [-0.2, -0.15) is 0 Å². The SMILES string of the molecule is CCOC(=O)N1CCCC(Nc2cccc([N+](=O)[O-])c2)C1. The van der Waals surface area contributed by atoms with Gasteiger partial charge in [0.2, 0.25) is 0 Å². The number of rotatable bonds is 4. The van der Waals surface area contributed by atoms with Crippen LogP contribution in [0.2, 0.25) is 0 Å². The fraction of sp³-hybridized carbons (Fsp3) is 0.500. The lowest BCUT2D eigenvalue weighted by Crippen LogP contribution is -2.45. The summed E-state index contributed by atoms with van der Waals surface area (Å²) in [5.74, 6) is 0. The predicted molar refractivity (Wildman–Crippen MR) is 78.3 cm³/mol. The van der Waals surface area contributed by atoms with Gasteiger partial charge in [-0.3, -0.25) is 10.1 Å². The largest absolute Gasteiger partial charge is 0.450 e. The Kier molecular flexibility index (Phi) is 4.97. The number of non-ortho nitro benzene ring substituents is 1. The van der Waals surface area contributed by atoms with E-state index in [-0.39, 0.29) is 17.8 Å². The number of ether oxygens (including phenoxy) is 1. The monoisotopic (exact) mass is 293 g/mol. The molecule has 1 N–H and O–H groups in total. The molecule has 1 atom stereocenters. The van der Waals surface area contributed by atoms with Gasteiger partial charge in [-0.25, -0.2) is 4.79 Å². The number of nitro benzene ring substituents is 1. The van der Waals surface area contributed by atoms with Crippen LogP contribution in [0.4, 0.5) is 16.2 Å². The van der Waals surface area contributed by atoms with Crippen molar-refractivity contribution >= 4 is 17.5 Å². The summed E-state index contributed by atoms with van der Waals surface area (Å²) < 4.78 is 5.00. The highest BCUT2D eigenvalue weighted by atomic mass is 16.6. The number of carbonyl (C=O) groups is 1. The number of amides is 1. The summed E-state index contributed by atoms with van der Waals surface area (Å²) in [6.45, 7) is 3.37. The van der Waals surface area contributed by atoms with Crippen molar-refractivity contribution in [1.29, 1.82) is 0 Å². The van der Waals surface area contributed by atoms with Crippen LogP contribution in [0, 0.1) is 10.1 Å². The summed E-state index contributed by atoms with van der Waals surface area (Å²) in [7, 11) is 0. The molecule has 0 radical (unpaired) electrons. The first-order valence-electron chi connectivity index (χ1n) is 7.03. The quantitative estimate of drug-likeness (QED) is 0.681. The van der Waals surface area contributed by atoms with Crippen LogP contribution < -0.4 is 5.32 Å². The summed E-state index contributed by atoms with van der Waals surface area (Å²) >= 11 is 0. The highest BCUT2D eigenvalue weighted by Crippen LogP contribution is 2.20. The smallest absolute Gasteiger partial charge is 0.409 e. The number of piperidine rings is 1. The summed E-state index contributed by atoms with van der Waals surface area (Å²) in [5, 5.41) is 14.0. The molecule has 1 aromatic carbocycles. The van der Waals surface area contributed by atoms with Gasteiger partial charge in [0.15, 0.2) is 0 Å². The Bertz CT molecular complexity index is 521. The average Bonchev–Trinajstić information content (AvgIpc) is 2.48. The molecule has 21 heavy (non-hydrogen) atoms. The molecule has 0 aromatic heterocycles. The number of carbonyl (C=O) groups excluding carboxylic acids is 1. The minimum atomic E-state index is -0.420. The van der Waals surface area contributed by atoms with Crippen LogP contribution in [0.15, 0.2) is 24.3 Å². The number of nitrogens with one attached hydrogen (secondary N) is 1. The molecule has 0 spiro atoms. The third kappa shape index (κ3) is 4.08. The molecule has 1 heterocycles. The van der Waals surface area contributed by atoms with Crippen LogP contribution in [-0.2, 0) is 4.74 Å². The maximum atomic E-state index is 11.7. The van der Waals surface area contributed by atoms with Gasteiger partial charge in [0.05, 0.1) is 11.5 Å². The molecule has 7 nitrogen and oxygen atoms in total. The first kappa shape index (κ1) is 15.1. The number of hydrogen-bond donors (Lipinski definition) is 1. The molecule has 0 saturated carbocycles. The van der Waals surface area contributed by atoms with Crippen molar-refractivity contribution in [2.24, 2.45) is 0 Å². The Balaban J connectivity index is 1.97. The number of likely N-dealkylation sites (tertiary alicyclic amines) is 1. The molecule has 0 bridgehead atoms. The van der Waals surface area contributed by atoms with E-state index < -0.39 is 4.92 Å². The molecule has 1 aliphatic rings. The van der Waals surface area contributed by atoms with Crippen LogP contribution in [0.3, 0.4) is 0 Å². The molecule has 1 fully saturated rings. The van der Waals surface area contributed by atoms with Crippen molar-refractivity contribution < 1.29 is 14.5 Å². The summed E-state index contributed by atoms with van der Waals surface area (Å²) in [5.41, 5.74) is 0.748. The summed E-state index contributed by atoms with van der Waals surface area (Å²) in [6, 6.07) is 6.47. The molecule has 1 aliphatic heterocycles. The van der Waals surface area contributed by atoms with E-state index in [4.69, 9.17) is 4.74 Å². The zero-order valence-corrected chi connectivity index (χ0v) is 11.9. The van der Waals surface area contributed by atoms with E-state index >= 15 is 0 Å². The van der Waals surface area contributed by atoms with Gasteiger partial charge < -0.3 is 15.0 Å². The molecule has 0 aliphatic carbocycles. The van der Waals surface area contributed by atoms with E-state index in [0.29, 0.717) is 25.4 Å². The Hall–Kier alpha value is -2.31. The molecular formula is C14H19N3O4. The van der Waals surface area contributed by atoms with E-state index in [0.717, 1.165) is 12.8 Å². The van der Waals surface area contributed by atoms with Crippen molar-refractivity contribution in [2.45, 2.75) is 25.8 Å². The zero-order chi connectivity index (χ0) is 15.2. The van der Waals surface area contributed by atoms with Crippen molar-refractivity contribution in [2.75, 3.05) is 25.0 Å². The second-order valence-corrected chi connectivity index (χ2v) is 4.94. The standard InChI is InChI=1S/C14H19N3O4/c1-2-21-14(18)16-8-4-6-12(10-16)15-11-5-3-7-13(9-11)17(19)20/h3,5,7,9,12,15H,2,4,6,8,10H2,1H3. The lowest BCUT2D eigenvalue weighted by Gasteiger charge is -2.32. The lowest BCUT2D eigenvalue weighted by atomic mass is 10.1. The molecular weight excluding hydrogens is 274 g/mol. The van der Waals surface area contributed by atoms with Crippen LogP contribution in [0.5, 0.6) is 0 Å². The molecule has 1 aromatic rings. The number of nitro groups is 1. The first-order valence-corrected chi connectivity index (χ1v) is 7.03. The number of benzene rings is 1. The molecule has 7 heteroatoms. The summed E-state index contributed by atoms with van der Waals surface area (Å²) in [4.78, 5) is 23.7. The number of hydrogen-bond acceptors (Lipinski definition) is 5. The van der Waals surface area contributed by atoms with Crippen molar-refractivity contribution in [1.82, 2.24) is 4.90 Å². The van der Waals surface area contributed by atoms with E-state index in [1.54, 1.807) is 24.0 Å². The highest BCUT2D eigenvalue weighted by Gasteiger charge is 2.24. The van der Waals surface area contributed by atoms with Gasteiger partial charge in [0.25, 0.3) is 5.69 Å². The fourth-order valence-corrected chi connectivity index (χ4v) is 2.42. The van der Waals surface area contributed by atoms with Gasteiger partial charge in [-0.15, -0.1) is 0 Å². The van der Waals surface area contributed by atoms with Gasteiger partial charge in [-0.1, -0.05) is 6.07 Å². The van der Waals surface area contributed by atoms with Gasteiger partial charge >= 0.3 is 6.09 Å². The number of anilines is 1. The second-order valence-electron chi connectivity index (χ2n) is 4.94. The Morgan fingerprint density at radius 1 is 1.57 bits per heavy atom. The van der Waals surface area contributed by atoms with Crippen LogP contribution in [0.1, 0.15) is 19.8 Å².